The zero-order chi connectivity index (χ0) is 21.1. The van der Waals surface area contributed by atoms with Crippen LogP contribution in [0.3, 0.4) is 0 Å². The molecule has 2 heterocycles. The molecule has 154 valence electrons. The number of anilines is 1. The highest BCUT2D eigenvalue weighted by Crippen LogP contribution is 2.35. The molecule has 3 aromatic rings. The third-order valence-corrected chi connectivity index (χ3v) is 4.82. The fraction of sp³-hybridized carbons (Fsp3) is 0.217. The second-order valence-electron chi connectivity index (χ2n) is 6.92. The molecule has 30 heavy (non-hydrogen) atoms. The monoisotopic (exact) mass is 408 g/mol. The molecule has 0 radical (unpaired) electrons. The van der Waals surface area contributed by atoms with E-state index in [0.29, 0.717) is 18.0 Å². The summed E-state index contributed by atoms with van der Waals surface area (Å²) in [7, 11) is 0. The molecule has 1 atom stereocenters. The van der Waals surface area contributed by atoms with Crippen molar-refractivity contribution in [3.8, 4) is 17.1 Å². The number of hydrogen-bond acceptors (Lipinski definition) is 4. The van der Waals surface area contributed by atoms with Gasteiger partial charge < -0.3 is 14.5 Å². The summed E-state index contributed by atoms with van der Waals surface area (Å²) in [6.07, 6.45) is -0.0421. The van der Waals surface area contributed by atoms with E-state index in [1.807, 2.05) is 6.92 Å². The van der Waals surface area contributed by atoms with Gasteiger partial charge in [-0.3, -0.25) is 14.5 Å². The molecule has 2 aromatic carbocycles. The molecule has 0 fully saturated rings. The van der Waals surface area contributed by atoms with Crippen molar-refractivity contribution in [2.75, 3.05) is 18.0 Å². The highest BCUT2D eigenvalue weighted by molar-refractivity contribution is 6.06. The molecule has 2 amide bonds. The van der Waals surface area contributed by atoms with Gasteiger partial charge >= 0.3 is 0 Å². The first-order chi connectivity index (χ1) is 14.6. The van der Waals surface area contributed by atoms with E-state index in [1.165, 1.54) is 17.0 Å². The van der Waals surface area contributed by atoms with E-state index in [2.05, 4.69) is 5.32 Å². The molecule has 0 unspecified atom stereocenters. The Bertz CT molecular complexity index is 1080. The Balaban J connectivity index is 1.63. The number of furan rings is 1. The Kier molecular flexibility index (Phi) is 5.52. The molecular formula is C23H21FN2O4. The maximum atomic E-state index is 14.1. The summed E-state index contributed by atoms with van der Waals surface area (Å²) in [6.45, 7) is 2.52. The average molecular weight is 408 g/mol. The maximum absolute atomic E-state index is 14.1. The summed E-state index contributed by atoms with van der Waals surface area (Å²) in [5, 5.41) is 2.80. The smallest absolute Gasteiger partial charge is 0.294 e. The highest BCUT2D eigenvalue weighted by Gasteiger charge is 2.35. The van der Waals surface area contributed by atoms with Gasteiger partial charge in [0.1, 0.15) is 17.3 Å². The minimum Gasteiger partial charge on any atom is -0.477 e. The van der Waals surface area contributed by atoms with Gasteiger partial charge in [0.25, 0.3) is 11.8 Å². The van der Waals surface area contributed by atoms with Gasteiger partial charge in [-0.25, -0.2) is 4.39 Å². The lowest BCUT2D eigenvalue weighted by molar-refractivity contribution is -0.127. The summed E-state index contributed by atoms with van der Waals surface area (Å²) in [5.74, 6) is -0.393. The first kappa shape index (κ1) is 19.7. The van der Waals surface area contributed by atoms with Crippen molar-refractivity contribution < 1.29 is 23.1 Å². The first-order valence-electron chi connectivity index (χ1n) is 9.78. The van der Waals surface area contributed by atoms with E-state index in [9.17, 15) is 14.0 Å². The quantitative estimate of drug-likeness (QED) is 0.692. The third-order valence-electron chi connectivity index (χ3n) is 4.82. The predicted molar refractivity (Wildman–Crippen MR) is 110 cm³/mol. The SMILES string of the molecule is CCCNC(=O)[C@H]1CN(C(=O)c2ccc(-c3ccccc3F)o2)c2ccccc2O1. The molecule has 0 bridgehead atoms. The van der Waals surface area contributed by atoms with Crippen LogP contribution in [-0.2, 0) is 4.79 Å². The van der Waals surface area contributed by atoms with E-state index in [0.717, 1.165) is 6.42 Å². The largest absolute Gasteiger partial charge is 0.477 e. The topological polar surface area (TPSA) is 71.8 Å². The normalized spacial score (nSPS) is 15.3. The molecule has 4 rings (SSSR count). The van der Waals surface area contributed by atoms with Crippen LogP contribution in [0, 0.1) is 5.82 Å². The first-order valence-corrected chi connectivity index (χ1v) is 9.78. The summed E-state index contributed by atoms with van der Waals surface area (Å²) in [6, 6.07) is 16.3. The van der Waals surface area contributed by atoms with Crippen molar-refractivity contribution >= 4 is 17.5 Å². The van der Waals surface area contributed by atoms with Crippen molar-refractivity contribution in [2.45, 2.75) is 19.4 Å². The van der Waals surface area contributed by atoms with Crippen LogP contribution in [0.4, 0.5) is 10.1 Å². The van der Waals surface area contributed by atoms with Crippen molar-refractivity contribution in [3.63, 3.8) is 0 Å². The minimum absolute atomic E-state index is 0.0428. The molecule has 0 spiro atoms. The second kappa shape index (κ2) is 8.41. The highest BCUT2D eigenvalue weighted by atomic mass is 19.1. The molecule has 0 saturated heterocycles. The van der Waals surface area contributed by atoms with E-state index < -0.39 is 17.8 Å². The number of halogens is 1. The number of para-hydroxylation sites is 2. The van der Waals surface area contributed by atoms with Gasteiger partial charge in [-0.1, -0.05) is 31.2 Å². The Morgan fingerprint density at radius 1 is 1.10 bits per heavy atom. The summed E-state index contributed by atoms with van der Waals surface area (Å²) in [4.78, 5) is 27.1. The standard InChI is InChI=1S/C23H21FN2O4/c1-2-13-25-22(27)21-14-26(17-9-5-6-10-19(17)30-21)23(28)20-12-11-18(29-20)15-7-3-4-8-16(15)24/h3-12,21H,2,13-14H2,1H3,(H,25,27)/t21-/m1/s1. The van der Waals surface area contributed by atoms with Crippen molar-refractivity contribution in [2.24, 2.45) is 0 Å². The number of fused-ring (bicyclic) bond motifs is 1. The number of carbonyl (C=O) groups is 2. The molecule has 6 nitrogen and oxygen atoms in total. The Morgan fingerprint density at radius 2 is 1.87 bits per heavy atom. The third kappa shape index (κ3) is 3.78. The fourth-order valence-corrected chi connectivity index (χ4v) is 3.32. The second-order valence-corrected chi connectivity index (χ2v) is 6.92. The van der Waals surface area contributed by atoms with E-state index >= 15 is 0 Å². The van der Waals surface area contributed by atoms with Gasteiger partial charge in [-0.05, 0) is 42.8 Å². The van der Waals surface area contributed by atoms with E-state index in [4.69, 9.17) is 9.15 Å². The molecule has 0 aliphatic carbocycles. The molecule has 1 N–H and O–H groups in total. The van der Waals surface area contributed by atoms with Crippen LogP contribution in [0.1, 0.15) is 23.9 Å². The number of nitrogens with zero attached hydrogens (tertiary/aromatic N) is 1. The van der Waals surface area contributed by atoms with Crippen molar-refractivity contribution in [3.05, 3.63) is 72.2 Å². The number of rotatable bonds is 5. The molecule has 1 aliphatic rings. The van der Waals surface area contributed by atoms with Crippen LogP contribution in [0.25, 0.3) is 11.3 Å². The van der Waals surface area contributed by atoms with Gasteiger partial charge in [-0.2, -0.15) is 0 Å². The number of hydrogen-bond donors (Lipinski definition) is 1. The maximum Gasteiger partial charge on any atom is 0.294 e. The van der Waals surface area contributed by atoms with Crippen LogP contribution >= 0.6 is 0 Å². The number of nitrogens with one attached hydrogen (secondary N) is 1. The van der Waals surface area contributed by atoms with Crippen LogP contribution in [0.2, 0.25) is 0 Å². The number of benzene rings is 2. The molecular weight excluding hydrogens is 387 g/mol. The van der Waals surface area contributed by atoms with Crippen LogP contribution in [0.15, 0.2) is 65.1 Å². The summed E-state index contributed by atoms with van der Waals surface area (Å²) >= 11 is 0. The summed E-state index contributed by atoms with van der Waals surface area (Å²) < 4.78 is 25.5. The van der Waals surface area contributed by atoms with E-state index in [-0.39, 0.29) is 29.5 Å². The van der Waals surface area contributed by atoms with Crippen LogP contribution in [0.5, 0.6) is 5.75 Å². The van der Waals surface area contributed by atoms with Crippen LogP contribution in [-0.4, -0.2) is 31.0 Å². The van der Waals surface area contributed by atoms with Crippen molar-refractivity contribution in [1.29, 1.82) is 0 Å². The Labute approximate surface area is 173 Å². The number of ether oxygens (including phenoxy) is 1. The van der Waals surface area contributed by atoms with Gasteiger partial charge in [0.2, 0.25) is 0 Å². The fourth-order valence-electron chi connectivity index (χ4n) is 3.32. The van der Waals surface area contributed by atoms with Gasteiger partial charge in [0, 0.05) is 6.54 Å². The molecule has 7 heteroatoms. The van der Waals surface area contributed by atoms with Gasteiger partial charge in [0.15, 0.2) is 11.9 Å². The lowest BCUT2D eigenvalue weighted by Gasteiger charge is -2.33. The van der Waals surface area contributed by atoms with Crippen molar-refractivity contribution in [1.82, 2.24) is 5.32 Å². The Morgan fingerprint density at radius 3 is 2.67 bits per heavy atom. The predicted octanol–water partition coefficient (Wildman–Crippen LogP) is 4.02. The zero-order valence-corrected chi connectivity index (χ0v) is 16.4. The van der Waals surface area contributed by atoms with Gasteiger partial charge in [-0.15, -0.1) is 0 Å². The Hall–Kier alpha value is -3.61. The summed E-state index contributed by atoms with van der Waals surface area (Å²) in [5.41, 5.74) is 0.821. The van der Waals surface area contributed by atoms with E-state index in [1.54, 1.807) is 48.5 Å². The molecule has 0 saturated carbocycles. The lowest BCUT2D eigenvalue weighted by atomic mass is 10.1. The number of carbonyl (C=O) groups excluding carboxylic acids is 2. The molecule has 1 aromatic heterocycles. The molecule has 1 aliphatic heterocycles. The zero-order valence-electron chi connectivity index (χ0n) is 16.4. The van der Waals surface area contributed by atoms with Gasteiger partial charge in [0.05, 0.1) is 17.8 Å². The minimum atomic E-state index is -0.837. The average Bonchev–Trinajstić information content (AvgIpc) is 3.26. The number of amides is 2. The van der Waals surface area contributed by atoms with Crippen LogP contribution < -0.4 is 15.0 Å². The lowest BCUT2D eigenvalue weighted by Crippen LogP contribution is -2.50.